The van der Waals surface area contributed by atoms with Crippen LogP contribution >= 0.6 is 0 Å². The Bertz CT molecular complexity index is 868. The summed E-state index contributed by atoms with van der Waals surface area (Å²) in [6, 6.07) is 11.1. The molecule has 0 aromatic heterocycles. The second-order valence-corrected chi connectivity index (χ2v) is 7.05. The number of phenols is 1. The summed E-state index contributed by atoms with van der Waals surface area (Å²) in [5.41, 5.74) is 0.825. The van der Waals surface area contributed by atoms with Crippen LogP contribution in [0.2, 0.25) is 0 Å². The van der Waals surface area contributed by atoms with E-state index in [1.807, 2.05) is 0 Å². The van der Waals surface area contributed by atoms with Gasteiger partial charge < -0.3 is 25.0 Å². The van der Waals surface area contributed by atoms with Crippen LogP contribution in [-0.2, 0) is 0 Å². The second-order valence-electron chi connectivity index (χ2n) is 7.05. The predicted octanol–water partition coefficient (Wildman–Crippen LogP) is 2.30. The smallest absolute Gasteiger partial charge is 0.254 e. The van der Waals surface area contributed by atoms with Crippen LogP contribution < -0.4 is 4.74 Å². The van der Waals surface area contributed by atoms with Gasteiger partial charge in [-0.15, -0.1) is 0 Å². The SMILES string of the molecule is O=Cc1c(O)cccc1OC[C@@H]1CCCCN1C(=O)c1ccccc1[C@@H](O)CO. The average Bonchev–Trinajstić information content (AvgIpc) is 2.77. The van der Waals surface area contributed by atoms with Gasteiger partial charge in [0.25, 0.3) is 5.91 Å². The number of amides is 1. The van der Waals surface area contributed by atoms with Crippen molar-refractivity contribution >= 4 is 12.2 Å². The summed E-state index contributed by atoms with van der Waals surface area (Å²) in [5.74, 6) is -0.108. The minimum Gasteiger partial charge on any atom is -0.507 e. The summed E-state index contributed by atoms with van der Waals surface area (Å²) in [6.45, 7) is 0.264. The van der Waals surface area contributed by atoms with Crippen LogP contribution in [0.5, 0.6) is 11.5 Å². The first-order chi connectivity index (χ1) is 14.1. The van der Waals surface area contributed by atoms with Crippen molar-refractivity contribution in [1.29, 1.82) is 0 Å². The zero-order chi connectivity index (χ0) is 20.8. The molecule has 7 heteroatoms. The standard InChI is InChI=1S/C22H25NO6/c24-12-18-19(26)9-5-10-21(18)29-14-15-6-3-4-11-23(15)22(28)17-8-2-1-7-16(17)20(27)13-25/h1-2,5,7-10,12,15,20,25-27H,3-4,6,11,13-14H2/t15-,20-/m0/s1. The van der Waals surface area contributed by atoms with Gasteiger partial charge in [-0.25, -0.2) is 0 Å². The Morgan fingerprint density at radius 1 is 1.21 bits per heavy atom. The number of aliphatic hydroxyl groups is 2. The molecule has 0 spiro atoms. The van der Waals surface area contributed by atoms with Crippen molar-refractivity contribution in [2.24, 2.45) is 0 Å². The van der Waals surface area contributed by atoms with E-state index in [9.17, 15) is 24.9 Å². The number of nitrogens with zero attached hydrogens (tertiary/aromatic N) is 1. The summed E-state index contributed by atoms with van der Waals surface area (Å²) in [7, 11) is 0. The maximum atomic E-state index is 13.2. The number of aromatic hydroxyl groups is 1. The molecule has 0 radical (unpaired) electrons. The van der Waals surface area contributed by atoms with Crippen molar-refractivity contribution in [3.8, 4) is 11.5 Å². The summed E-state index contributed by atoms with van der Waals surface area (Å²) in [5, 5.41) is 29.2. The van der Waals surface area contributed by atoms with Crippen LogP contribution in [0.3, 0.4) is 0 Å². The van der Waals surface area contributed by atoms with E-state index in [2.05, 4.69) is 0 Å². The molecule has 2 aromatic rings. The molecule has 29 heavy (non-hydrogen) atoms. The Morgan fingerprint density at radius 3 is 2.76 bits per heavy atom. The highest BCUT2D eigenvalue weighted by Gasteiger charge is 2.30. The van der Waals surface area contributed by atoms with Crippen LogP contribution in [-0.4, -0.2) is 58.2 Å². The molecule has 0 unspecified atom stereocenters. The van der Waals surface area contributed by atoms with Gasteiger partial charge in [0.1, 0.15) is 24.2 Å². The van der Waals surface area contributed by atoms with Crippen molar-refractivity contribution in [2.45, 2.75) is 31.4 Å². The molecule has 2 aromatic carbocycles. The third-order valence-electron chi connectivity index (χ3n) is 5.20. The molecule has 1 amide bonds. The fourth-order valence-corrected chi connectivity index (χ4v) is 3.64. The maximum absolute atomic E-state index is 13.2. The fourth-order valence-electron chi connectivity index (χ4n) is 3.64. The molecule has 1 fully saturated rings. The van der Waals surface area contributed by atoms with Gasteiger partial charge in [0.15, 0.2) is 6.29 Å². The van der Waals surface area contributed by atoms with Gasteiger partial charge in [-0.05, 0) is 43.0 Å². The lowest BCUT2D eigenvalue weighted by Gasteiger charge is -2.36. The number of piperidine rings is 1. The fraction of sp³-hybridized carbons (Fsp3) is 0.364. The predicted molar refractivity (Wildman–Crippen MR) is 106 cm³/mol. The molecule has 1 aliphatic heterocycles. The lowest BCUT2D eigenvalue weighted by molar-refractivity contribution is 0.0513. The van der Waals surface area contributed by atoms with E-state index in [0.717, 1.165) is 19.3 Å². The summed E-state index contributed by atoms with van der Waals surface area (Å²) in [4.78, 5) is 26.2. The van der Waals surface area contributed by atoms with E-state index >= 15 is 0 Å². The first-order valence-electron chi connectivity index (χ1n) is 9.65. The minimum atomic E-state index is -1.13. The van der Waals surface area contributed by atoms with E-state index in [1.54, 1.807) is 41.3 Å². The zero-order valence-electron chi connectivity index (χ0n) is 16.0. The Labute approximate surface area is 169 Å². The second kappa shape index (κ2) is 9.54. The van der Waals surface area contributed by atoms with Crippen LogP contribution in [0.25, 0.3) is 0 Å². The van der Waals surface area contributed by atoms with E-state index < -0.39 is 12.7 Å². The number of rotatable bonds is 7. The molecule has 0 aliphatic carbocycles. The summed E-state index contributed by atoms with van der Waals surface area (Å²) in [6.07, 6.45) is 1.96. The van der Waals surface area contributed by atoms with Gasteiger partial charge in [-0.2, -0.15) is 0 Å². The van der Waals surface area contributed by atoms with Crippen LogP contribution in [0, 0.1) is 0 Å². The van der Waals surface area contributed by atoms with E-state index in [-0.39, 0.29) is 35.6 Å². The Hall–Kier alpha value is -2.90. The summed E-state index contributed by atoms with van der Waals surface area (Å²) < 4.78 is 5.79. The minimum absolute atomic E-state index is 0.0811. The van der Waals surface area contributed by atoms with Gasteiger partial charge in [0.2, 0.25) is 0 Å². The summed E-state index contributed by atoms with van der Waals surface area (Å²) >= 11 is 0. The molecular formula is C22H25NO6. The first-order valence-corrected chi connectivity index (χ1v) is 9.65. The third-order valence-corrected chi connectivity index (χ3v) is 5.20. The van der Waals surface area contributed by atoms with Crippen molar-refractivity contribution in [1.82, 2.24) is 4.90 Å². The van der Waals surface area contributed by atoms with E-state index in [4.69, 9.17) is 4.74 Å². The number of carbonyl (C=O) groups excluding carboxylic acids is 2. The molecule has 7 nitrogen and oxygen atoms in total. The van der Waals surface area contributed by atoms with Gasteiger partial charge >= 0.3 is 0 Å². The Kier molecular flexibility index (Phi) is 6.85. The molecule has 0 bridgehead atoms. The first kappa shape index (κ1) is 20.8. The van der Waals surface area contributed by atoms with Crippen LogP contribution in [0.15, 0.2) is 42.5 Å². The number of aliphatic hydroxyl groups excluding tert-OH is 2. The number of carbonyl (C=O) groups is 2. The molecule has 3 N–H and O–H groups in total. The monoisotopic (exact) mass is 399 g/mol. The number of hydrogen-bond donors (Lipinski definition) is 3. The average molecular weight is 399 g/mol. The quantitative estimate of drug-likeness (QED) is 0.617. The van der Waals surface area contributed by atoms with Gasteiger partial charge in [0.05, 0.1) is 18.2 Å². The lowest BCUT2D eigenvalue weighted by Crippen LogP contribution is -2.47. The Morgan fingerprint density at radius 2 is 2.00 bits per heavy atom. The molecule has 1 saturated heterocycles. The molecule has 0 saturated carbocycles. The van der Waals surface area contributed by atoms with Gasteiger partial charge in [-0.1, -0.05) is 24.3 Å². The van der Waals surface area contributed by atoms with Gasteiger partial charge in [-0.3, -0.25) is 9.59 Å². The van der Waals surface area contributed by atoms with Crippen molar-refractivity contribution in [3.05, 3.63) is 59.2 Å². The van der Waals surface area contributed by atoms with Crippen LogP contribution in [0.1, 0.15) is 51.6 Å². The number of aldehydes is 1. The Balaban J connectivity index is 1.79. The molecule has 3 rings (SSSR count). The molecule has 1 aliphatic rings. The number of likely N-dealkylation sites (tertiary alicyclic amines) is 1. The topological polar surface area (TPSA) is 107 Å². The van der Waals surface area contributed by atoms with Crippen molar-refractivity contribution < 1.29 is 29.6 Å². The molecule has 2 atom stereocenters. The third kappa shape index (κ3) is 4.58. The zero-order valence-corrected chi connectivity index (χ0v) is 16.0. The molecule has 154 valence electrons. The largest absolute Gasteiger partial charge is 0.507 e. The number of benzene rings is 2. The van der Waals surface area contributed by atoms with Gasteiger partial charge in [0, 0.05) is 12.1 Å². The number of ether oxygens (including phenoxy) is 1. The van der Waals surface area contributed by atoms with Crippen molar-refractivity contribution in [2.75, 3.05) is 19.8 Å². The highest BCUT2D eigenvalue weighted by Crippen LogP contribution is 2.28. The highest BCUT2D eigenvalue weighted by atomic mass is 16.5. The van der Waals surface area contributed by atoms with Crippen LogP contribution in [0.4, 0.5) is 0 Å². The van der Waals surface area contributed by atoms with Crippen molar-refractivity contribution in [3.63, 3.8) is 0 Å². The highest BCUT2D eigenvalue weighted by molar-refractivity contribution is 5.96. The maximum Gasteiger partial charge on any atom is 0.254 e. The number of hydrogen-bond acceptors (Lipinski definition) is 6. The van der Waals surface area contributed by atoms with E-state index in [0.29, 0.717) is 24.0 Å². The number of phenolic OH excluding ortho intramolecular Hbond substituents is 1. The van der Waals surface area contributed by atoms with E-state index in [1.165, 1.54) is 6.07 Å². The lowest BCUT2D eigenvalue weighted by atomic mass is 9.97. The molecule has 1 heterocycles. The normalized spacial score (nSPS) is 17.6. The molecular weight excluding hydrogens is 374 g/mol.